The zero-order valence-electron chi connectivity index (χ0n) is 17.1. The summed E-state index contributed by atoms with van der Waals surface area (Å²) in [6.45, 7) is 6.28. The first-order chi connectivity index (χ1) is 13.5. The largest absolute Gasteiger partial charge is 0.487 e. The molecule has 1 N–H and O–H groups in total. The van der Waals surface area contributed by atoms with E-state index in [9.17, 15) is 0 Å². The molecule has 0 spiro atoms. The number of furan rings is 1. The minimum atomic E-state index is 0.207. The number of hydrogen-bond donors (Lipinski definition) is 1. The lowest BCUT2D eigenvalue weighted by atomic mass is 10.1. The molecule has 5 nitrogen and oxygen atoms in total. The third-order valence-electron chi connectivity index (χ3n) is 4.77. The van der Waals surface area contributed by atoms with Gasteiger partial charge in [-0.25, -0.2) is 0 Å². The topological polar surface area (TPSA) is 50.5 Å². The van der Waals surface area contributed by atoms with Gasteiger partial charge in [0.15, 0.2) is 0 Å². The van der Waals surface area contributed by atoms with E-state index in [1.165, 1.54) is 5.56 Å². The van der Waals surface area contributed by atoms with Crippen LogP contribution in [0.4, 0.5) is 0 Å². The van der Waals surface area contributed by atoms with E-state index in [1.807, 2.05) is 30.3 Å². The molecular formula is C23H29N3O2. The fourth-order valence-electron chi connectivity index (χ4n) is 3.37. The van der Waals surface area contributed by atoms with E-state index >= 15 is 0 Å². The molecule has 0 radical (unpaired) electrons. The molecule has 0 aliphatic heterocycles. The molecule has 0 aliphatic carbocycles. The molecule has 0 saturated heterocycles. The summed E-state index contributed by atoms with van der Waals surface area (Å²) in [5, 5.41) is 3.55. The number of nitrogens with one attached hydrogen (secondary N) is 1. The molecule has 0 bridgehead atoms. The van der Waals surface area contributed by atoms with Crippen molar-refractivity contribution in [3.8, 4) is 5.75 Å². The Hall–Kier alpha value is -2.63. The zero-order chi connectivity index (χ0) is 19.9. The fourth-order valence-corrected chi connectivity index (χ4v) is 3.37. The Morgan fingerprint density at radius 2 is 1.89 bits per heavy atom. The van der Waals surface area contributed by atoms with E-state index in [0.29, 0.717) is 6.61 Å². The lowest BCUT2D eigenvalue weighted by Crippen LogP contribution is -2.30. The molecule has 148 valence electrons. The van der Waals surface area contributed by atoms with Crippen molar-refractivity contribution in [2.45, 2.75) is 33.0 Å². The molecule has 28 heavy (non-hydrogen) atoms. The first-order valence-corrected chi connectivity index (χ1v) is 9.58. The zero-order valence-corrected chi connectivity index (χ0v) is 17.1. The highest BCUT2D eigenvalue weighted by Crippen LogP contribution is 2.26. The number of likely N-dealkylation sites (N-methyl/N-ethyl adjacent to an activating group) is 1. The van der Waals surface area contributed by atoms with E-state index in [4.69, 9.17) is 9.15 Å². The third-order valence-corrected chi connectivity index (χ3v) is 4.77. The number of rotatable bonds is 9. The normalized spacial score (nSPS) is 12.3. The summed E-state index contributed by atoms with van der Waals surface area (Å²) >= 11 is 0. The maximum absolute atomic E-state index is 6.03. The Morgan fingerprint density at radius 1 is 1.11 bits per heavy atom. The second kappa shape index (κ2) is 9.53. The Balaban J connectivity index is 1.59. The third kappa shape index (κ3) is 5.21. The van der Waals surface area contributed by atoms with Crippen molar-refractivity contribution < 1.29 is 9.15 Å². The van der Waals surface area contributed by atoms with E-state index < -0.39 is 0 Å². The Bertz CT molecular complexity index is 838. The van der Waals surface area contributed by atoms with Crippen LogP contribution in [0.3, 0.4) is 0 Å². The van der Waals surface area contributed by atoms with Crippen LogP contribution in [0.1, 0.15) is 34.2 Å². The summed E-state index contributed by atoms with van der Waals surface area (Å²) in [6, 6.07) is 14.4. The highest BCUT2D eigenvalue weighted by molar-refractivity contribution is 5.43. The van der Waals surface area contributed by atoms with E-state index in [2.05, 4.69) is 55.3 Å². The lowest BCUT2D eigenvalue weighted by molar-refractivity contribution is 0.250. The molecule has 1 atom stereocenters. The average Bonchev–Trinajstić information content (AvgIpc) is 3.19. The van der Waals surface area contributed by atoms with Crippen LogP contribution in [0, 0.1) is 13.8 Å². The molecule has 5 heteroatoms. The molecule has 1 unspecified atom stereocenters. The molecule has 3 rings (SSSR count). The first kappa shape index (κ1) is 20.1. The molecule has 0 saturated carbocycles. The van der Waals surface area contributed by atoms with Crippen LogP contribution in [0.25, 0.3) is 0 Å². The molecule has 1 aromatic carbocycles. The van der Waals surface area contributed by atoms with Crippen LogP contribution < -0.4 is 10.1 Å². The first-order valence-electron chi connectivity index (χ1n) is 9.58. The van der Waals surface area contributed by atoms with E-state index in [-0.39, 0.29) is 6.04 Å². The second-order valence-electron chi connectivity index (χ2n) is 7.29. The fraction of sp³-hybridized carbons (Fsp3) is 0.348. The average molecular weight is 380 g/mol. The molecular weight excluding hydrogens is 350 g/mol. The Labute approximate surface area is 167 Å². The molecule has 0 amide bonds. The van der Waals surface area contributed by atoms with Crippen molar-refractivity contribution in [1.29, 1.82) is 0 Å². The predicted octanol–water partition coefficient (Wildman–Crippen LogP) is 4.26. The van der Waals surface area contributed by atoms with Gasteiger partial charge in [0.1, 0.15) is 18.1 Å². The van der Waals surface area contributed by atoms with Gasteiger partial charge in [0.25, 0.3) is 0 Å². The van der Waals surface area contributed by atoms with Gasteiger partial charge in [-0.1, -0.05) is 18.2 Å². The second-order valence-corrected chi connectivity index (χ2v) is 7.29. The highest BCUT2D eigenvalue weighted by atomic mass is 16.5. The highest BCUT2D eigenvalue weighted by Gasteiger charge is 2.16. The quantitative estimate of drug-likeness (QED) is 0.602. The van der Waals surface area contributed by atoms with Gasteiger partial charge in [-0.15, -0.1) is 0 Å². The van der Waals surface area contributed by atoms with Gasteiger partial charge in [0.2, 0.25) is 0 Å². The maximum atomic E-state index is 6.03. The van der Waals surface area contributed by atoms with Gasteiger partial charge in [-0.05, 0) is 68.9 Å². The van der Waals surface area contributed by atoms with Crippen molar-refractivity contribution in [2.24, 2.45) is 0 Å². The van der Waals surface area contributed by atoms with Crippen LogP contribution in [0.2, 0.25) is 0 Å². The molecule has 2 heterocycles. The summed E-state index contributed by atoms with van der Waals surface area (Å²) in [5.41, 5.74) is 4.46. The minimum Gasteiger partial charge on any atom is -0.487 e. The van der Waals surface area contributed by atoms with Crippen molar-refractivity contribution >= 4 is 0 Å². The minimum absolute atomic E-state index is 0.207. The number of ether oxygens (including phenoxy) is 1. The summed E-state index contributed by atoms with van der Waals surface area (Å²) in [7, 11) is 4.13. The number of benzene rings is 1. The number of nitrogens with zero attached hydrogens (tertiary/aromatic N) is 2. The monoisotopic (exact) mass is 379 g/mol. The summed E-state index contributed by atoms with van der Waals surface area (Å²) in [5.74, 6) is 1.92. The molecule has 0 fully saturated rings. The van der Waals surface area contributed by atoms with Gasteiger partial charge in [0.05, 0.1) is 18.0 Å². The van der Waals surface area contributed by atoms with E-state index in [1.54, 1.807) is 12.5 Å². The summed E-state index contributed by atoms with van der Waals surface area (Å²) in [6.07, 6.45) is 3.51. The van der Waals surface area contributed by atoms with Crippen molar-refractivity contribution in [3.05, 3.63) is 83.1 Å². The molecule has 0 aliphatic rings. The Kier molecular flexibility index (Phi) is 6.85. The van der Waals surface area contributed by atoms with Crippen molar-refractivity contribution in [2.75, 3.05) is 20.6 Å². The maximum Gasteiger partial charge on any atom is 0.130 e. The predicted molar refractivity (Wildman–Crippen MR) is 111 cm³/mol. The van der Waals surface area contributed by atoms with Gasteiger partial charge in [-0.3, -0.25) is 9.88 Å². The number of pyridine rings is 1. The molecule has 3 aromatic rings. The van der Waals surface area contributed by atoms with Crippen LogP contribution in [0.5, 0.6) is 5.75 Å². The number of aromatic nitrogens is 1. The number of aryl methyl sites for hydroxylation is 2. The molecule has 2 aromatic heterocycles. The van der Waals surface area contributed by atoms with E-state index in [0.717, 1.165) is 41.4 Å². The van der Waals surface area contributed by atoms with Gasteiger partial charge < -0.3 is 14.5 Å². The van der Waals surface area contributed by atoms with Crippen molar-refractivity contribution in [1.82, 2.24) is 15.2 Å². The van der Waals surface area contributed by atoms with Crippen LogP contribution >= 0.6 is 0 Å². The van der Waals surface area contributed by atoms with Crippen molar-refractivity contribution in [3.63, 3.8) is 0 Å². The number of hydrogen-bond acceptors (Lipinski definition) is 5. The smallest absolute Gasteiger partial charge is 0.130 e. The van der Waals surface area contributed by atoms with Gasteiger partial charge in [-0.2, -0.15) is 0 Å². The van der Waals surface area contributed by atoms with Gasteiger partial charge >= 0.3 is 0 Å². The summed E-state index contributed by atoms with van der Waals surface area (Å²) < 4.78 is 11.6. The standard InChI is InChI=1S/C23H29N3O2/c1-17-12-19(14-24-15-21(26(3)4)22-9-7-11-27-22)13-18(2)23(17)28-16-20-8-5-6-10-25-20/h5-13,21,24H,14-16H2,1-4H3. The van der Waals surface area contributed by atoms with Crippen LogP contribution in [-0.4, -0.2) is 30.5 Å². The van der Waals surface area contributed by atoms with Crippen LogP contribution in [-0.2, 0) is 13.2 Å². The SMILES string of the molecule is Cc1cc(CNCC(c2ccco2)N(C)C)cc(C)c1OCc1ccccn1. The lowest BCUT2D eigenvalue weighted by Gasteiger charge is -2.23. The summed E-state index contributed by atoms with van der Waals surface area (Å²) in [4.78, 5) is 6.48. The van der Waals surface area contributed by atoms with Gasteiger partial charge in [0, 0.05) is 19.3 Å². The van der Waals surface area contributed by atoms with Crippen LogP contribution in [0.15, 0.2) is 59.3 Å². The Morgan fingerprint density at radius 3 is 2.50 bits per heavy atom.